The van der Waals surface area contributed by atoms with Gasteiger partial charge in [0.2, 0.25) is 0 Å². The lowest BCUT2D eigenvalue weighted by molar-refractivity contribution is 0.0851. The summed E-state index contributed by atoms with van der Waals surface area (Å²) in [5.41, 5.74) is 3.32. The Kier molecular flexibility index (Phi) is 4.59. The summed E-state index contributed by atoms with van der Waals surface area (Å²) in [6.45, 7) is 9.07. The number of hydrogen-bond donors (Lipinski definition) is 1. The number of Topliss-reactive ketones (excluding diaryl/α,β-unsaturated/α-hetero) is 1. The van der Waals surface area contributed by atoms with E-state index in [1.165, 1.54) is 11.3 Å². The topological polar surface area (TPSA) is 32.3 Å². The van der Waals surface area contributed by atoms with Crippen molar-refractivity contribution < 1.29 is 4.79 Å². The van der Waals surface area contributed by atoms with Crippen LogP contribution in [0.5, 0.6) is 0 Å². The monoisotopic (exact) mass is 260 g/mol. The number of carbonyl (C=O) groups excluding carboxylic acids is 1. The first-order valence-corrected chi connectivity index (χ1v) is 7.32. The number of hydrogen-bond acceptors (Lipinski definition) is 3. The molecule has 1 aliphatic rings. The highest BCUT2D eigenvalue weighted by Crippen LogP contribution is 2.23. The van der Waals surface area contributed by atoms with Gasteiger partial charge in [-0.2, -0.15) is 0 Å². The number of rotatable bonds is 5. The fraction of sp³-hybridized carbons (Fsp3) is 0.562. The number of ketones is 1. The van der Waals surface area contributed by atoms with E-state index in [1.807, 2.05) is 13.0 Å². The summed E-state index contributed by atoms with van der Waals surface area (Å²) in [5.74, 6) is 0.233. The van der Waals surface area contributed by atoms with Crippen molar-refractivity contribution in [2.45, 2.75) is 39.7 Å². The second-order valence-electron chi connectivity index (χ2n) is 5.16. The number of fused-ring (bicyclic) bond motifs is 1. The first-order valence-electron chi connectivity index (χ1n) is 7.32. The van der Waals surface area contributed by atoms with E-state index in [1.54, 1.807) is 0 Å². The molecule has 104 valence electrons. The van der Waals surface area contributed by atoms with Gasteiger partial charge in [-0.1, -0.05) is 13.8 Å². The second kappa shape index (κ2) is 6.20. The molecule has 1 unspecified atom stereocenters. The first kappa shape index (κ1) is 14.1. The van der Waals surface area contributed by atoms with Crippen molar-refractivity contribution in [1.29, 1.82) is 0 Å². The van der Waals surface area contributed by atoms with Gasteiger partial charge >= 0.3 is 0 Å². The van der Waals surface area contributed by atoms with Gasteiger partial charge in [0.1, 0.15) is 0 Å². The highest BCUT2D eigenvalue weighted by atomic mass is 16.1. The molecule has 0 saturated heterocycles. The van der Waals surface area contributed by atoms with Crippen LogP contribution >= 0.6 is 0 Å². The van der Waals surface area contributed by atoms with E-state index >= 15 is 0 Å². The van der Waals surface area contributed by atoms with Crippen LogP contribution in [0.1, 0.15) is 43.1 Å². The maximum Gasteiger partial charge on any atom is 0.179 e. The minimum Gasteiger partial charge on any atom is -0.385 e. The zero-order valence-electron chi connectivity index (χ0n) is 12.2. The third-order valence-electron chi connectivity index (χ3n) is 4.07. The van der Waals surface area contributed by atoms with Gasteiger partial charge in [-0.15, -0.1) is 0 Å². The number of anilines is 1. The summed E-state index contributed by atoms with van der Waals surface area (Å²) in [4.78, 5) is 14.7. The molecule has 1 heterocycles. The van der Waals surface area contributed by atoms with Crippen molar-refractivity contribution in [1.82, 2.24) is 4.90 Å². The van der Waals surface area contributed by atoms with Gasteiger partial charge in [0.05, 0.1) is 6.04 Å². The second-order valence-corrected chi connectivity index (χ2v) is 5.16. The third kappa shape index (κ3) is 2.98. The van der Waals surface area contributed by atoms with E-state index in [9.17, 15) is 4.79 Å². The molecule has 0 bridgehead atoms. The van der Waals surface area contributed by atoms with Crippen molar-refractivity contribution in [3.8, 4) is 0 Å². The lowest BCUT2D eigenvalue weighted by Crippen LogP contribution is -2.38. The molecule has 0 fully saturated rings. The lowest BCUT2D eigenvalue weighted by atomic mass is 9.97. The fourth-order valence-corrected chi connectivity index (χ4v) is 2.81. The maximum absolute atomic E-state index is 12.5. The van der Waals surface area contributed by atoms with Crippen LogP contribution in [0.2, 0.25) is 0 Å². The molecule has 0 spiro atoms. The van der Waals surface area contributed by atoms with E-state index in [-0.39, 0.29) is 11.8 Å². The minimum atomic E-state index is -0.0374. The standard InChI is InChI=1S/C16H24N2O/c1-4-18(5-2)12(3)16(19)14-8-9-15-13(11-14)7-6-10-17-15/h8-9,11-12,17H,4-7,10H2,1-3H3. The Morgan fingerprint density at radius 1 is 1.37 bits per heavy atom. The maximum atomic E-state index is 12.5. The predicted octanol–water partition coefficient (Wildman–Crippen LogP) is 2.96. The van der Waals surface area contributed by atoms with E-state index < -0.39 is 0 Å². The van der Waals surface area contributed by atoms with Gasteiger partial charge in [-0.25, -0.2) is 0 Å². The fourth-order valence-electron chi connectivity index (χ4n) is 2.81. The van der Waals surface area contributed by atoms with Crippen LogP contribution in [-0.2, 0) is 6.42 Å². The summed E-state index contributed by atoms with van der Waals surface area (Å²) in [6, 6.07) is 6.05. The number of nitrogens with zero attached hydrogens (tertiary/aromatic N) is 1. The average molecular weight is 260 g/mol. The molecule has 2 rings (SSSR count). The van der Waals surface area contributed by atoms with Crippen LogP contribution in [0.15, 0.2) is 18.2 Å². The highest BCUT2D eigenvalue weighted by Gasteiger charge is 2.21. The predicted molar refractivity (Wildman–Crippen MR) is 80.0 cm³/mol. The van der Waals surface area contributed by atoms with Crippen molar-refractivity contribution in [3.05, 3.63) is 29.3 Å². The van der Waals surface area contributed by atoms with E-state index in [4.69, 9.17) is 0 Å². The number of benzene rings is 1. The van der Waals surface area contributed by atoms with Crippen LogP contribution < -0.4 is 5.32 Å². The van der Waals surface area contributed by atoms with Gasteiger partial charge in [0.25, 0.3) is 0 Å². The van der Waals surface area contributed by atoms with Crippen molar-refractivity contribution in [2.75, 3.05) is 25.0 Å². The van der Waals surface area contributed by atoms with Gasteiger partial charge in [-0.05, 0) is 56.6 Å². The van der Waals surface area contributed by atoms with Crippen molar-refractivity contribution >= 4 is 11.5 Å². The molecule has 1 aliphatic heterocycles. The van der Waals surface area contributed by atoms with Crippen LogP contribution in [0, 0.1) is 0 Å². The van der Waals surface area contributed by atoms with Crippen molar-refractivity contribution in [2.24, 2.45) is 0 Å². The molecule has 0 aromatic heterocycles. The Labute approximate surface area is 116 Å². The highest BCUT2D eigenvalue weighted by molar-refractivity contribution is 6.00. The molecule has 0 radical (unpaired) electrons. The molecule has 3 nitrogen and oxygen atoms in total. The zero-order valence-corrected chi connectivity index (χ0v) is 12.2. The molecule has 0 aliphatic carbocycles. The molecule has 19 heavy (non-hydrogen) atoms. The number of nitrogens with one attached hydrogen (secondary N) is 1. The number of aryl methyl sites for hydroxylation is 1. The van der Waals surface area contributed by atoms with Gasteiger partial charge in [0.15, 0.2) is 5.78 Å². The summed E-state index contributed by atoms with van der Waals surface area (Å²) < 4.78 is 0. The SMILES string of the molecule is CCN(CC)C(C)C(=O)c1ccc2c(c1)CCCN2. The molecule has 0 saturated carbocycles. The number of carbonyl (C=O) groups is 1. The first-order chi connectivity index (χ1) is 9.17. The van der Waals surface area contributed by atoms with Crippen LogP contribution in [0.3, 0.4) is 0 Å². The molecule has 1 atom stereocenters. The van der Waals surface area contributed by atoms with E-state index in [0.29, 0.717) is 0 Å². The Bertz CT molecular complexity index is 452. The average Bonchev–Trinajstić information content (AvgIpc) is 2.47. The summed E-state index contributed by atoms with van der Waals surface area (Å²) in [5, 5.41) is 3.38. The summed E-state index contributed by atoms with van der Waals surface area (Å²) in [6.07, 6.45) is 2.22. The Hall–Kier alpha value is -1.35. The Morgan fingerprint density at radius 3 is 2.79 bits per heavy atom. The molecule has 1 aromatic rings. The minimum absolute atomic E-state index is 0.0374. The van der Waals surface area contributed by atoms with Crippen LogP contribution in [-0.4, -0.2) is 36.4 Å². The molecule has 0 amide bonds. The Balaban J connectivity index is 2.19. The smallest absolute Gasteiger partial charge is 0.179 e. The molecule has 1 aromatic carbocycles. The molecular weight excluding hydrogens is 236 g/mol. The van der Waals surface area contributed by atoms with E-state index in [0.717, 1.165) is 38.0 Å². The lowest BCUT2D eigenvalue weighted by Gasteiger charge is -2.26. The largest absolute Gasteiger partial charge is 0.385 e. The normalized spacial score (nSPS) is 15.8. The zero-order chi connectivity index (χ0) is 13.8. The van der Waals surface area contributed by atoms with Gasteiger partial charge in [0, 0.05) is 17.8 Å². The molecule has 3 heteroatoms. The molecular formula is C16H24N2O. The summed E-state index contributed by atoms with van der Waals surface area (Å²) >= 11 is 0. The van der Waals surface area contributed by atoms with Gasteiger partial charge < -0.3 is 5.32 Å². The van der Waals surface area contributed by atoms with Crippen LogP contribution in [0.25, 0.3) is 0 Å². The third-order valence-corrected chi connectivity index (χ3v) is 4.07. The quantitative estimate of drug-likeness (QED) is 0.826. The van der Waals surface area contributed by atoms with Crippen molar-refractivity contribution in [3.63, 3.8) is 0 Å². The van der Waals surface area contributed by atoms with E-state index in [2.05, 4.69) is 36.2 Å². The molecule has 1 N–H and O–H groups in total. The summed E-state index contributed by atoms with van der Waals surface area (Å²) in [7, 11) is 0. The number of likely N-dealkylation sites (N-methyl/N-ethyl adjacent to an activating group) is 1. The van der Waals surface area contributed by atoms with Gasteiger partial charge in [-0.3, -0.25) is 9.69 Å². The van der Waals surface area contributed by atoms with Crippen LogP contribution in [0.4, 0.5) is 5.69 Å². The Morgan fingerprint density at radius 2 is 2.11 bits per heavy atom.